The lowest BCUT2D eigenvalue weighted by atomic mass is 10.0. The van der Waals surface area contributed by atoms with Crippen molar-refractivity contribution in [3.8, 4) is 11.5 Å². The summed E-state index contributed by atoms with van der Waals surface area (Å²) in [6, 6.07) is 12.0. The number of anilines is 1. The molecule has 0 unspecified atom stereocenters. The van der Waals surface area contributed by atoms with Crippen LogP contribution >= 0.6 is 0 Å². The summed E-state index contributed by atoms with van der Waals surface area (Å²) >= 11 is 0. The molecule has 0 radical (unpaired) electrons. The molecule has 1 aliphatic rings. The molecule has 132 valence electrons. The first-order chi connectivity index (χ1) is 12.1. The van der Waals surface area contributed by atoms with Gasteiger partial charge < -0.3 is 14.4 Å². The number of methoxy groups -OCH3 is 1. The van der Waals surface area contributed by atoms with Gasteiger partial charge in [-0.2, -0.15) is 0 Å². The third kappa shape index (κ3) is 3.78. The third-order valence-electron chi connectivity index (χ3n) is 4.61. The summed E-state index contributed by atoms with van der Waals surface area (Å²) in [5.41, 5.74) is 4.40. The smallest absolute Gasteiger partial charge is 0.230 e. The highest BCUT2D eigenvalue weighted by Crippen LogP contribution is 2.36. The van der Waals surface area contributed by atoms with E-state index in [1.807, 2.05) is 36.1 Å². The Morgan fingerprint density at radius 3 is 2.76 bits per heavy atom. The minimum atomic E-state index is 0.0789. The molecule has 3 rings (SSSR count). The topological polar surface area (TPSA) is 38.8 Å². The van der Waals surface area contributed by atoms with Crippen LogP contribution in [-0.2, 0) is 11.2 Å². The van der Waals surface area contributed by atoms with Gasteiger partial charge in [-0.05, 0) is 49.9 Å². The maximum Gasteiger partial charge on any atom is 0.230 e. The summed E-state index contributed by atoms with van der Waals surface area (Å²) < 4.78 is 11.3. The Morgan fingerprint density at radius 1 is 1.16 bits per heavy atom. The molecule has 0 aliphatic carbocycles. The van der Waals surface area contributed by atoms with Crippen molar-refractivity contribution in [3.05, 3.63) is 53.1 Å². The zero-order chi connectivity index (χ0) is 17.8. The first-order valence-electron chi connectivity index (χ1n) is 8.76. The SMILES string of the molecule is COc1cccc2c1N(C(=O)CCOc1ccc(C)cc1C)CCC2. The second-order valence-corrected chi connectivity index (χ2v) is 6.48. The van der Waals surface area contributed by atoms with Crippen molar-refractivity contribution in [1.29, 1.82) is 0 Å². The van der Waals surface area contributed by atoms with Crippen molar-refractivity contribution >= 4 is 11.6 Å². The van der Waals surface area contributed by atoms with Crippen molar-refractivity contribution in [2.75, 3.05) is 25.2 Å². The highest BCUT2D eigenvalue weighted by atomic mass is 16.5. The molecule has 0 saturated heterocycles. The molecule has 0 N–H and O–H groups in total. The standard InChI is InChI=1S/C21H25NO3/c1-15-9-10-18(16(2)14-15)25-13-11-20(23)22-12-5-7-17-6-4-8-19(24-3)21(17)22/h4,6,8-10,14H,5,7,11-13H2,1-3H3. The Hall–Kier alpha value is -2.49. The van der Waals surface area contributed by atoms with E-state index in [1.54, 1.807) is 7.11 Å². The van der Waals surface area contributed by atoms with E-state index in [0.29, 0.717) is 13.0 Å². The highest BCUT2D eigenvalue weighted by Gasteiger charge is 2.25. The van der Waals surface area contributed by atoms with E-state index in [0.717, 1.165) is 42.1 Å². The molecule has 1 aliphatic heterocycles. The Balaban J connectivity index is 1.67. The minimum Gasteiger partial charge on any atom is -0.495 e. The average molecular weight is 339 g/mol. The van der Waals surface area contributed by atoms with Crippen molar-refractivity contribution in [2.24, 2.45) is 0 Å². The van der Waals surface area contributed by atoms with Crippen LogP contribution < -0.4 is 14.4 Å². The summed E-state index contributed by atoms with van der Waals surface area (Å²) in [5, 5.41) is 0. The van der Waals surface area contributed by atoms with Gasteiger partial charge in [-0.25, -0.2) is 0 Å². The van der Waals surface area contributed by atoms with Crippen LogP contribution in [0.25, 0.3) is 0 Å². The van der Waals surface area contributed by atoms with Crippen LogP contribution in [0.15, 0.2) is 36.4 Å². The summed E-state index contributed by atoms with van der Waals surface area (Å²) in [4.78, 5) is 14.6. The fraction of sp³-hybridized carbons (Fsp3) is 0.381. The third-order valence-corrected chi connectivity index (χ3v) is 4.61. The first kappa shape index (κ1) is 17.3. The van der Waals surface area contributed by atoms with Crippen LogP contribution in [0.1, 0.15) is 29.5 Å². The van der Waals surface area contributed by atoms with E-state index in [4.69, 9.17) is 9.47 Å². The second-order valence-electron chi connectivity index (χ2n) is 6.48. The molecular weight excluding hydrogens is 314 g/mol. The molecule has 0 bridgehead atoms. The van der Waals surface area contributed by atoms with Crippen molar-refractivity contribution in [2.45, 2.75) is 33.1 Å². The molecule has 2 aromatic rings. The van der Waals surface area contributed by atoms with Crippen molar-refractivity contribution in [1.82, 2.24) is 0 Å². The van der Waals surface area contributed by atoms with E-state index in [2.05, 4.69) is 19.1 Å². The fourth-order valence-corrected chi connectivity index (χ4v) is 3.37. The van der Waals surface area contributed by atoms with Gasteiger partial charge in [0.05, 0.1) is 25.8 Å². The maximum absolute atomic E-state index is 12.7. The lowest BCUT2D eigenvalue weighted by Gasteiger charge is -2.31. The van der Waals surface area contributed by atoms with Gasteiger partial charge >= 0.3 is 0 Å². The number of carbonyl (C=O) groups excluding carboxylic acids is 1. The number of benzene rings is 2. The molecule has 1 amide bonds. The molecule has 0 spiro atoms. The lowest BCUT2D eigenvalue weighted by Crippen LogP contribution is -2.36. The summed E-state index contributed by atoms with van der Waals surface area (Å²) in [6.45, 7) is 5.19. The summed E-state index contributed by atoms with van der Waals surface area (Å²) in [6.07, 6.45) is 2.31. The number of hydrogen-bond donors (Lipinski definition) is 0. The predicted octanol–water partition coefficient (Wildman–Crippen LogP) is 4.06. The Morgan fingerprint density at radius 2 is 2.00 bits per heavy atom. The number of amides is 1. The van der Waals surface area contributed by atoms with E-state index < -0.39 is 0 Å². The van der Waals surface area contributed by atoms with E-state index >= 15 is 0 Å². The quantitative estimate of drug-likeness (QED) is 0.824. The molecule has 0 fully saturated rings. The maximum atomic E-state index is 12.7. The lowest BCUT2D eigenvalue weighted by molar-refractivity contribution is -0.119. The van der Waals surface area contributed by atoms with Crippen LogP contribution in [0, 0.1) is 13.8 Å². The van der Waals surface area contributed by atoms with Gasteiger partial charge in [0.1, 0.15) is 11.5 Å². The molecule has 25 heavy (non-hydrogen) atoms. The average Bonchev–Trinajstić information content (AvgIpc) is 2.62. The highest BCUT2D eigenvalue weighted by molar-refractivity contribution is 5.96. The van der Waals surface area contributed by atoms with Gasteiger partial charge in [0.2, 0.25) is 5.91 Å². The summed E-state index contributed by atoms with van der Waals surface area (Å²) in [7, 11) is 1.65. The number of carbonyl (C=O) groups is 1. The zero-order valence-corrected chi connectivity index (χ0v) is 15.2. The van der Waals surface area contributed by atoms with Crippen LogP contribution in [-0.4, -0.2) is 26.2 Å². The molecular formula is C21H25NO3. The zero-order valence-electron chi connectivity index (χ0n) is 15.2. The number of aryl methyl sites for hydroxylation is 3. The molecule has 0 aromatic heterocycles. The molecule has 1 heterocycles. The van der Waals surface area contributed by atoms with E-state index in [9.17, 15) is 4.79 Å². The number of para-hydroxylation sites is 1. The fourth-order valence-electron chi connectivity index (χ4n) is 3.37. The normalized spacial score (nSPS) is 13.3. The van der Waals surface area contributed by atoms with Crippen molar-refractivity contribution in [3.63, 3.8) is 0 Å². The molecule has 4 heteroatoms. The van der Waals surface area contributed by atoms with E-state index in [1.165, 1.54) is 11.1 Å². The summed E-state index contributed by atoms with van der Waals surface area (Å²) in [5.74, 6) is 1.69. The Kier molecular flexibility index (Phi) is 5.27. The van der Waals surface area contributed by atoms with Gasteiger partial charge in [0, 0.05) is 6.54 Å². The Labute approximate surface area is 149 Å². The van der Waals surface area contributed by atoms with Gasteiger partial charge in [-0.1, -0.05) is 29.8 Å². The Bertz CT molecular complexity index is 755. The minimum absolute atomic E-state index is 0.0789. The van der Waals surface area contributed by atoms with Gasteiger partial charge in [-0.3, -0.25) is 4.79 Å². The van der Waals surface area contributed by atoms with Gasteiger partial charge in [0.15, 0.2) is 0 Å². The van der Waals surface area contributed by atoms with Gasteiger partial charge in [0.25, 0.3) is 0 Å². The van der Waals surface area contributed by atoms with Crippen LogP contribution in [0.5, 0.6) is 11.5 Å². The molecule has 2 aromatic carbocycles. The van der Waals surface area contributed by atoms with Crippen LogP contribution in [0.2, 0.25) is 0 Å². The number of hydrogen-bond acceptors (Lipinski definition) is 3. The number of rotatable bonds is 5. The largest absolute Gasteiger partial charge is 0.495 e. The molecule has 0 saturated carbocycles. The monoisotopic (exact) mass is 339 g/mol. The van der Waals surface area contributed by atoms with Crippen LogP contribution in [0.3, 0.4) is 0 Å². The van der Waals surface area contributed by atoms with Gasteiger partial charge in [-0.15, -0.1) is 0 Å². The van der Waals surface area contributed by atoms with Crippen LogP contribution in [0.4, 0.5) is 5.69 Å². The van der Waals surface area contributed by atoms with Crippen molar-refractivity contribution < 1.29 is 14.3 Å². The number of nitrogens with zero attached hydrogens (tertiary/aromatic N) is 1. The predicted molar refractivity (Wildman–Crippen MR) is 99.7 cm³/mol. The number of ether oxygens (including phenoxy) is 2. The molecule has 4 nitrogen and oxygen atoms in total. The second kappa shape index (κ2) is 7.60. The first-order valence-corrected chi connectivity index (χ1v) is 8.76. The molecule has 0 atom stereocenters. The number of fused-ring (bicyclic) bond motifs is 1. The van der Waals surface area contributed by atoms with E-state index in [-0.39, 0.29) is 5.91 Å².